The molecule has 0 unspecified atom stereocenters. The molecular formula is C28H36N10O. The maximum absolute atomic E-state index is 12.4. The number of anilines is 3. The number of hydrogen-bond acceptors (Lipinski definition) is 8. The summed E-state index contributed by atoms with van der Waals surface area (Å²) >= 11 is 0. The number of rotatable bonds is 10. The summed E-state index contributed by atoms with van der Waals surface area (Å²) in [5.74, 6) is 1.17. The monoisotopic (exact) mass is 528 g/mol. The van der Waals surface area contributed by atoms with E-state index in [1.165, 1.54) is 5.56 Å². The fourth-order valence-corrected chi connectivity index (χ4v) is 4.61. The van der Waals surface area contributed by atoms with Crippen molar-refractivity contribution in [3.63, 3.8) is 0 Å². The van der Waals surface area contributed by atoms with E-state index in [9.17, 15) is 4.79 Å². The largest absolute Gasteiger partial charge is 0.348 e. The lowest BCUT2D eigenvalue weighted by atomic mass is 10.2. The summed E-state index contributed by atoms with van der Waals surface area (Å²) < 4.78 is 3.94. The van der Waals surface area contributed by atoms with Crippen molar-refractivity contribution in [2.24, 2.45) is 0 Å². The molecule has 1 saturated heterocycles. The average molecular weight is 529 g/mol. The molecule has 11 nitrogen and oxygen atoms in total. The normalized spacial score (nSPS) is 15.7. The van der Waals surface area contributed by atoms with Gasteiger partial charge in [-0.25, -0.2) is 4.98 Å². The second-order valence-electron chi connectivity index (χ2n) is 10.4. The zero-order valence-corrected chi connectivity index (χ0v) is 22.9. The summed E-state index contributed by atoms with van der Waals surface area (Å²) in [5.41, 5.74) is 3.48. The van der Waals surface area contributed by atoms with E-state index < -0.39 is 0 Å². The predicted molar refractivity (Wildman–Crippen MR) is 153 cm³/mol. The molecule has 1 fully saturated rings. The molecule has 2 N–H and O–H groups in total. The van der Waals surface area contributed by atoms with Crippen LogP contribution in [0, 0.1) is 0 Å². The highest BCUT2D eigenvalue weighted by Gasteiger charge is 2.27. The number of nitrogens with zero attached hydrogens (tertiary/aromatic N) is 8. The number of fused-ring (bicyclic) bond motifs is 1. The van der Waals surface area contributed by atoms with Crippen LogP contribution in [0.3, 0.4) is 0 Å². The van der Waals surface area contributed by atoms with E-state index >= 15 is 0 Å². The van der Waals surface area contributed by atoms with Crippen molar-refractivity contribution < 1.29 is 4.79 Å². The number of likely N-dealkylation sites (N-methyl/N-ethyl adjacent to an activating group) is 1. The molecule has 11 heteroatoms. The van der Waals surface area contributed by atoms with Gasteiger partial charge in [0.05, 0.1) is 24.8 Å². The van der Waals surface area contributed by atoms with Crippen LogP contribution in [-0.2, 0) is 11.3 Å². The number of amides is 1. The topological polar surface area (TPSA) is 109 Å². The minimum atomic E-state index is -0.0761. The molecule has 0 bridgehead atoms. The van der Waals surface area contributed by atoms with E-state index in [1.807, 2.05) is 60.5 Å². The average Bonchev–Trinajstić information content (AvgIpc) is 3.64. The third kappa shape index (κ3) is 6.43. The zero-order chi connectivity index (χ0) is 27.4. The van der Waals surface area contributed by atoms with E-state index in [0.717, 1.165) is 30.8 Å². The van der Waals surface area contributed by atoms with Crippen molar-refractivity contribution in [1.82, 2.24) is 39.5 Å². The van der Waals surface area contributed by atoms with Gasteiger partial charge in [0.2, 0.25) is 11.9 Å². The Hall–Kier alpha value is -4.25. The first-order valence-corrected chi connectivity index (χ1v) is 13.3. The van der Waals surface area contributed by atoms with Gasteiger partial charge in [-0.05, 0) is 39.9 Å². The van der Waals surface area contributed by atoms with Crippen LogP contribution in [0.15, 0.2) is 61.2 Å². The lowest BCUT2D eigenvalue weighted by molar-refractivity contribution is -0.117. The SMILES string of the molecule is CC(C)n1cnc2c(Nc3cnn(Cc4ccccc4)c3)nc(N3CC[C@H](NC(=O)C=CCN(C)C)C3)nc21. The highest BCUT2D eigenvalue weighted by molar-refractivity contribution is 5.88. The number of carbonyl (C=O) groups excluding carboxylic acids is 1. The summed E-state index contributed by atoms with van der Waals surface area (Å²) in [6.45, 7) is 7.01. The summed E-state index contributed by atoms with van der Waals surface area (Å²) in [6, 6.07) is 10.4. The number of carbonyl (C=O) groups is 1. The highest BCUT2D eigenvalue weighted by atomic mass is 16.1. The Morgan fingerprint density at radius 1 is 1.21 bits per heavy atom. The maximum atomic E-state index is 12.4. The molecule has 1 atom stereocenters. The van der Waals surface area contributed by atoms with E-state index in [0.29, 0.717) is 30.4 Å². The molecule has 4 heterocycles. The van der Waals surface area contributed by atoms with Gasteiger partial charge in [-0.3, -0.25) is 9.48 Å². The second-order valence-corrected chi connectivity index (χ2v) is 10.4. The van der Waals surface area contributed by atoms with E-state index in [2.05, 4.69) is 56.2 Å². The lowest BCUT2D eigenvalue weighted by Gasteiger charge is -2.18. The molecule has 4 aromatic rings. The molecule has 1 aromatic carbocycles. The van der Waals surface area contributed by atoms with Crippen molar-refractivity contribution in [3.8, 4) is 0 Å². The first-order chi connectivity index (χ1) is 18.9. The lowest BCUT2D eigenvalue weighted by Crippen LogP contribution is -2.36. The summed E-state index contributed by atoms with van der Waals surface area (Å²) in [5, 5.41) is 11.0. The van der Waals surface area contributed by atoms with Crippen molar-refractivity contribution in [3.05, 3.63) is 66.8 Å². The van der Waals surface area contributed by atoms with Gasteiger partial charge in [0, 0.05) is 44.0 Å². The van der Waals surface area contributed by atoms with Gasteiger partial charge < -0.3 is 25.0 Å². The molecule has 0 saturated carbocycles. The maximum Gasteiger partial charge on any atom is 0.243 e. The van der Waals surface area contributed by atoms with E-state index in [-0.39, 0.29) is 18.0 Å². The van der Waals surface area contributed by atoms with Gasteiger partial charge in [-0.1, -0.05) is 36.4 Å². The minimum absolute atomic E-state index is 0.0310. The third-order valence-corrected chi connectivity index (χ3v) is 6.61. The molecule has 39 heavy (non-hydrogen) atoms. The Labute approximate surface area is 228 Å². The van der Waals surface area contributed by atoms with Gasteiger partial charge >= 0.3 is 0 Å². The van der Waals surface area contributed by atoms with Crippen LogP contribution in [0.2, 0.25) is 0 Å². The molecule has 204 valence electrons. The fourth-order valence-electron chi connectivity index (χ4n) is 4.61. The molecule has 0 spiro atoms. The van der Waals surface area contributed by atoms with E-state index in [1.54, 1.807) is 12.3 Å². The highest BCUT2D eigenvalue weighted by Crippen LogP contribution is 2.28. The van der Waals surface area contributed by atoms with Gasteiger partial charge in [0.1, 0.15) is 0 Å². The van der Waals surface area contributed by atoms with Gasteiger partial charge in [0.25, 0.3) is 0 Å². The Bertz CT molecular complexity index is 1440. The first kappa shape index (κ1) is 26.4. The van der Waals surface area contributed by atoms with Crippen molar-refractivity contribution in [2.45, 2.75) is 38.9 Å². The van der Waals surface area contributed by atoms with Gasteiger partial charge in [0.15, 0.2) is 17.0 Å². The molecule has 0 aliphatic carbocycles. The van der Waals surface area contributed by atoms with Crippen molar-refractivity contribution >= 4 is 34.5 Å². The molecule has 1 amide bonds. The first-order valence-electron chi connectivity index (χ1n) is 13.3. The number of benzene rings is 1. The molecule has 1 aliphatic heterocycles. The summed E-state index contributed by atoms with van der Waals surface area (Å²) in [4.78, 5) is 30.9. The molecule has 0 radical (unpaired) electrons. The summed E-state index contributed by atoms with van der Waals surface area (Å²) in [7, 11) is 3.94. The minimum Gasteiger partial charge on any atom is -0.348 e. The Morgan fingerprint density at radius 3 is 2.79 bits per heavy atom. The second kappa shape index (κ2) is 11.6. The predicted octanol–water partition coefficient (Wildman–Crippen LogP) is 3.21. The number of nitrogens with one attached hydrogen (secondary N) is 2. The Morgan fingerprint density at radius 2 is 2.03 bits per heavy atom. The van der Waals surface area contributed by atoms with Gasteiger partial charge in [-0.2, -0.15) is 15.1 Å². The molecule has 1 aliphatic rings. The quantitative estimate of drug-likeness (QED) is 0.302. The molecule has 3 aromatic heterocycles. The standard InChI is InChI=1S/C28H36N10O/c1-20(2)38-19-29-25-26(32-23-15-30-37(18-23)16-21-9-6-5-7-10-21)33-28(34-27(25)38)36-14-12-22(17-36)31-24(39)11-8-13-35(3)4/h5-11,15,18-20,22H,12-14,16-17H2,1-4H3,(H,31,39)(H,32,33,34)/t22-/m0/s1. The van der Waals surface area contributed by atoms with Gasteiger partial charge in [-0.15, -0.1) is 0 Å². The van der Waals surface area contributed by atoms with Crippen molar-refractivity contribution in [1.29, 1.82) is 0 Å². The number of hydrogen-bond donors (Lipinski definition) is 2. The fraction of sp³-hybridized carbons (Fsp3) is 0.393. The third-order valence-electron chi connectivity index (χ3n) is 6.61. The van der Waals surface area contributed by atoms with Crippen LogP contribution < -0.4 is 15.5 Å². The van der Waals surface area contributed by atoms with E-state index in [4.69, 9.17) is 9.97 Å². The molecule has 5 rings (SSSR count). The zero-order valence-electron chi connectivity index (χ0n) is 22.9. The van der Waals surface area contributed by atoms with Crippen molar-refractivity contribution in [2.75, 3.05) is 43.9 Å². The van der Waals surface area contributed by atoms with Crippen LogP contribution in [0.25, 0.3) is 11.2 Å². The van der Waals surface area contributed by atoms with Crippen LogP contribution >= 0.6 is 0 Å². The van der Waals surface area contributed by atoms with Crippen LogP contribution in [-0.4, -0.2) is 79.9 Å². The van der Waals surface area contributed by atoms with Crippen LogP contribution in [0.5, 0.6) is 0 Å². The Balaban J connectivity index is 1.35. The smallest absolute Gasteiger partial charge is 0.243 e. The Kier molecular flexibility index (Phi) is 7.87. The summed E-state index contributed by atoms with van der Waals surface area (Å²) in [6.07, 6.45) is 9.86. The number of aromatic nitrogens is 6. The number of imidazole rings is 1. The molecular weight excluding hydrogens is 492 g/mol. The van der Waals surface area contributed by atoms with Crippen LogP contribution in [0.4, 0.5) is 17.5 Å². The van der Waals surface area contributed by atoms with Crippen LogP contribution in [0.1, 0.15) is 31.9 Å².